The van der Waals surface area contributed by atoms with E-state index in [4.69, 9.17) is 21.1 Å². The molecule has 1 amide bonds. The zero-order chi connectivity index (χ0) is 18.8. The number of nitrogens with one attached hydrogen (secondary N) is 2. The summed E-state index contributed by atoms with van der Waals surface area (Å²) in [5.41, 5.74) is 2.96. The van der Waals surface area contributed by atoms with Crippen LogP contribution in [0.4, 0.5) is 5.69 Å². The fraction of sp³-hybridized carbons (Fsp3) is 0. The van der Waals surface area contributed by atoms with Crippen LogP contribution in [-0.2, 0) is 0 Å². The molecule has 2 aromatic carbocycles. The number of benzene rings is 2. The lowest BCUT2D eigenvalue weighted by Crippen LogP contribution is -2.33. The highest BCUT2D eigenvalue weighted by molar-refractivity contribution is 14.1. The van der Waals surface area contributed by atoms with Gasteiger partial charge in [-0.05, 0) is 83.3 Å². The number of aromatic nitrogens is 1. The molecule has 0 aliphatic carbocycles. The van der Waals surface area contributed by atoms with Gasteiger partial charge in [0, 0.05) is 14.8 Å². The first-order chi connectivity index (χ1) is 13.1. The number of amides is 1. The fourth-order valence-electron chi connectivity index (χ4n) is 2.48. The molecule has 4 aromatic rings. The second kappa shape index (κ2) is 7.49. The number of rotatable bonds is 3. The molecule has 2 aromatic heterocycles. The lowest BCUT2D eigenvalue weighted by atomic mass is 10.2. The van der Waals surface area contributed by atoms with Crippen LogP contribution in [0.25, 0.3) is 22.6 Å². The molecule has 2 heterocycles. The Kier molecular flexibility index (Phi) is 4.90. The number of furan rings is 1. The van der Waals surface area contributed by atoms with Crippen molar-refractivity contribution >= 4 is 62.6 Å². The van der Waals surface area contributed by atoms with Gasteiger partial charge in [-0.2, -0.15) is 0 Å². The van der Waals surface area contributed by atoms with Gasteiger partial charge in [0.15, 0.2) is 16.5 Å². The van der Waals surface area contributed by atoms with Crippen molar-refractivity contribution in [2.75, 3.05) is 5.32 Å². The average Bonchev–Trinajstić information content (AvgIpc) is 3.31. The van der Waals surface area contributed by atoms with Crippen molar-refractivity contribution in [3.63, 3.8) is 0 Å². The van der Waals surface area contributed by atoms with E-state index in [-0.39, 0.29) is 10.9 Å². The molecule has 0 unspecified atom stereocenters. The summed E-state index contributed by atoms with van der Waals surface area (Å²) in [7, 11) is 0. The van der Waals surface area contributed by atoms with Crippen LogP contribution in [0, 0.1) is 3.57 Å². The van der Waals surface area contributed by atoms with Crippen LogP contribution in [0.15, 0.2) is 69.7 Å². The molecular formula is C19H12IN3O3S. The number of nitrogens with zero attached hydrogens (tertiary/aromatic N) is 1. The minimum atomic E-state index is -0.416. The number of carbonyl (C=O) groups excluding carboxylic acids is 1. The molecule has 0 aliphatic heterocycles. The Morgan fingerprint density at radius 2 is 2.00 bits per heavy atom. The number of oxazole rings is 1. The van der Waals surface area contributed by atoms with Gasteiger partial charge in [-0.15, -0.1) is 0 Å². The van der Waals surface area contributed by atoms with E-state index < -0.39 is 5.91 Å². The first-order valence-corrected chi connectivity index (χ1v) is 9.39. The lowest BCUT2D eigenvalue weighted by Gasteiger charge is -2.08. The van der Waals surface area contributed by atoms with Crippen molar-refractivity contribution in [1.29, 1.82) is 0 Å². The number of hydrogen-bond donors (Lipinski definition) is 2. The molecule has 0 spiro atoms. The normalized spacial score (nSPS) is 10.7. The number of thiocarbonyl (C=S) groups is 1. The van der Waals surface area contributed by atoms with E-state index in [0.29, 0.717) is 22.7 Å². The van der Waals surface area contributed by atoms with Crippen LogP contribution in [0.2, 0.25) is 0 Å². The number of halogens is 1. The van der Waals surface area contributed by atoms with Gasteiger partial charge >= 0.3 is 0 Å². The first kappa shape index (κ1) is 17.7. The highest BCUT2D eigenvalue weighted by Gasteiger charge is 2.12. The molecule has 27 heavy (non-hydrogen) atoms. The van der Waals surface area contributed by atoms with E-state index in [2.05, 4.69) is 38.2 Å². The zero-order valence-corrected chi connectivity index (χ0v) is 16.7. The predicted molar refractivity (Wildman–Crippen MR) is 115 cm³/mol. The molecule has 0 fully saturated rings. The quantitative estimate of drug-likeness (QED) is 0.318. The van der Waals surface area contributed by atoms with E-state index in [9.17, 15) is 4.79 Å². The molecule has 4 rings (SSSR count). The zero-order valence-electron chi connectivity index (χ0n) is 13.7. The Morgan fingerprint density at radius 3 is 2.78 bits per heavy atom. The second-order valence-corrected chi connectivity index (χ2v) is 7.25. The molecule has 0 saturated carbocycles. The van der Waals surface area contributed by atoms with Gasteiger partial charge in [-0.3, -0.25) is 10.1 Å². The molecule has 2 N–H and O–H groups in total. The Bertz CT molecular complexity index is 1140. The Labute approximate surface area is 173 Å². The third kappa shape index (κ3) is 4.01. The van der Waals surface area contributed by atoms with Gasteiger partial charge in [0.2, 0.25) is 5.89 Å². The van der Waals surface area contributed by atoms with Crippen molar-refractivity contribution < 1.29 is 13.6 Å². The number of carbonyl (C=O) groups is 1. The number of hydrogen-bond acceptors (Lipinski definition) is 5. The van der Waals surface area contributed by atoms with Crippen molar-refractivity contribution in [1.82, 2.24) is 10.3 Å². The summed E-state index contributed by atoms with van der Waals surface area (Å²) in [6.07, 6.45) is 1.43. The summed E-state index contributed by atoms with van der Waals surface area (Å²) >= 11 is 7.42. The summed E-state index contributed by atoms with van der Waals surface area (Å²) < 4.78 is 12.0. The van der Waals surface area contributed by atoms with Gasteiger partial charge < -0.3 is 14.2 Å². The van der Waals surface area contributed by atoms with Crippen LogP contribution in [0.5, 0.6) is 0 Å². The highest BCUT2D eigenvalue weighted by atomic mass is 127. The van der Waals surface area contributed by atoms with Gasteiger partial charge in [0.25, 0.3) is 5.91 Å². The van der Waals surface area contributed by atoms with Crippen LogP contribution in [0.3, 0.4) is 0 Å². The maximum atomic E-state index is 11.9. The summed E-state index contributed by atoms with van der Waals surface area (Å²) in [6, 6.07) is 16.5. The first-order valence-electron chi connectivity index (χ1n) is 7.91. The monoisotopic (exact) mass is 489 g/mol. The van der Waals surface area contributed by atoms with E-state index in [1.54, 1.807) is 24.3 Å². The number of fused-ring (bicyclic) bond motifs is 1. The van der Waals surface area contributed by atoms with Gasteiger partial charge in [0.05, 0.1) is 6.26 Å². The minimum absolute atomic E-state index is 0.164. The average molecular weight is 489 g/mol. The van der Waals surface area contributed by atoms with Gasteiger partial charge in [0.1, 0.15) is 5.52 Å². The summed E-state index contributed by atoms with van der Waals surface area (Å²) in [5.74, 6) is 0.323. The molecule has 8 heteroatoms. The van der Waals surface area contributed by atoms with E-state index in [1.165, 1.54) is 6.26 Å². The molecule has 0 radical (unpaired) electrons. The van der Waals surface area contributed by atoms with Crippen LogP contribution < -0.4 is 10.6 Å². The molecule has 134 valence electrons. The SMILES string of the molecule is O=C(NC(=S)Nc1ccc2oc(-c3cccc(I)c3)nc2c1)c1ccco1. The third-order valence-electron chi connectivity index (χ3n) is 3.69. The Hall–Kier alpha value is -2.72. The largest absolute Gasteiger partial charge is 0.459 e. The molecule has 0 saturated heterocycles. The molecule has 0 atom stereocenters. The van der Waals surface area contributed by atoms with Crippen molar-refractivity contribution in [3.8, 4) is 11.5 Å². The molecular weight excluding hydrogens is 477 g/mol. The summed E-state index contributed by atoms with van der Waals surface area (Å²) in [6.45, 7) is 0. The van der Waals surface area contributed by atoms with Crippen molar-refractivity contribution in [2.45, 2.75) is 0 Å². The number of anilines is 1. The van der Waals surface area contributed by atoms with Crippen molar-refractivity contribution in [3.05, 3.63) is 70.2 Å². The lowest BCUT2D eigenvalue weighted by molar-refractivity contribution is 0.0950. The maximum Gasteiger partial charge on any atom is 0.293 e. The highest BCUT2D eigenvalue weighted by Crippen LogP contribution is 2.27. The fourth-order valence-corrected chi connectivity index (χ4v) is 3.24. The minimum Gasteiger partial charge on any atom is -0.459 e. The third-order valence-corrected chi connectivity index (χ3v) is 4.56. The van der Waals surface area contributed by atoms with Gasteiger partial charge in [-0.25, -0.2) is 4.98 Å². The maximum absolute atomic E-state index is 11.9. The van der Waals surface area contributed by atoms with E-state index in [0.717, 1.165) is 9.13 Å². The van der Waals surface area contributed by atoms with Gasteiger partial charge in [-0.1, -0.05) is 6.07 Å². The summed E-state index contributed by atoms with van der Waals surface area (Å²) in [4.78, 5) is 16.5. The van der Waals surface area contributed by atoms with Crippen molar-refractivity contribution in [2.24, 2.45) is 0 Å². The standard InChI is InChI=1S/C19H12IN3O3S/c20-12-4-1-3-11(9-12)18-22-14-10-13(6-7-15(14)26-18)21-19(27)23-17(24)16-5-2-8-25-16/h1-10H,(H2,21,23,24,27). The predicted octanol–water partition coefficient (Wildman–Crippen LogP) is 4.82. The Morgan fingerprint density at radius 1 is 1.11 bits per heavy atom. The van der Waals surface area contributed by atoms with Crippen LogP contribution in [-0.4, -0.2) is 16.0 Å². The molecule has 0 aliphatic rings. The second-order valence-electron chi connectivity index (χ2n) is 5.60. The molecule has 6 nitrogen and oxygen atoms in total. The van der Waals surface area contributed by atoms with Crippen LogP contribution in [0.1, 0.15) is 10.6 Å². The van der Waals surface area contributed by atoms with E-state index >= 15 is 0 Å². The smallest absolute Gasteiger partial charge is 0.293 e. The molecule has 0 bridgehead atoms. The summed E-state index contributed by atoms with van der Waals surface area (Å²) in [5, 5.41) is 5.68. The van der Waals surface area contributed by atoms with Crippen LogP contribution >= 0.6 is 34.8 Å². The Balaban J connectivity index is 1.51. The van der Waals surface area contributed by atoms with E-state index in [1.807, 2.05) is 30.3 Å². The topological polar surface area (TPSA) is 80.3 Å².